The Morgan fingerprint density at radius 3 is 2.53 bits per heavy atom. The number of hydrogen-bond acceptors (Lipinski definition) is 7. The summed E-state index contributed by atoms with van der Waals surface area (Å²) in [6.07, 6.45) is 0. The average Bonchev–Trinajstić information content (AvgIpc) is 3.42. The van der Waals surface area contributed by atoms with Gasteiger partial charge >= 0.3 is 0 Å². The SMILES string of the molecule is Cc1ccc(CNc2nc3c(S(=O)(=O)c4cc(C)ccc4C)nnn3c3ccsc23)cc1. The quantitative estimate of drug-likeness (QED) is 0.406. The van der Waals surface area contributed by atoms with Crippen LogP contribution in [0.4, 0.5) is 5.82 Å². The molecule has 0 fully saturated rings. The molecular formula is C23H21N5O2S2. The topological polar surface area (TPSA) is 89.2 Å². The van der Waals surface area contributed by atoms with Crippen molar-refractivity contribution in [2.24, 2.45) is 0 Å². The average molecular weight is 464 g/mol. The fourth-order valence-electron chi connectivity index (χ4n) is 3.61. The fourth-order valence-corrected chi connectivity index (χ4v) is 6.01. The molecule has 0 atom stereocenters. The minimum Gasteiger partial charge on any atom is -0.365 e. The van der Waals surface area contributed by atoms with Crippen molar-refractivity contribution < 1.29 is 8.42 Å². The van der Waals surface area contributed by atoms with E-state index in [1.54, 1.807) is 19.1 Å². The van der Waals surface area contributed by atoms with Crippen molar-refractivity contribution in [3.05, 3.63) is 76.2 Å². The van der Waals surface area contributed by atoms with Gasteiger partial charge in [-0.25, -0.2) is 13.4 Å². The van der Waals surface area contributed by atoms with E-state index in [1.165, 1.54) is 21.4 Å². The van der Waals surface area contributed by atoms with Crippen LogP contribution in [0.5, 0.6) is 0 Å². The molecule has 0 aliphatic carbocycles. The minimum atomic E-state index is -3.90. The molecule has 0 bridgehead atoms. The largest absolute Gasteiger partial charge is 0.365 e. The van der Waals surface area contributed by atoms with Crippen LogP contribution in [-0.4, -0.2) is 28.2 Å². The third-order valence-corrected chi connectivity index (χ3v) is 8.09. The van der Waals surface area contributed by atoms with E-state index in [1.807, 2.05) is 31.4 Å². The highest BCUT2D eigenvalue weighted by Gasteiger charge is 2.28. The third-order valence-electron chi connectivity index (χ3n) is 5.39. The highest BCUT2D eigenvalue weighted by molar-refractivity contribution is 7.91. The van der Waals surface area contributed by atoms with E-state index in [9.17, 15) is 8.42 Å². The lowest BCUT2D eigenvalue weighted by molar-refractivity contribution is 0.592. The zero-order valence-electron chi connectivity index (χ0n) is 17.8. The molecule has 5 rings (SSSR count). The standard InChI is InChI=1S/C23H21N5O2S2/c1-14-5-8-17(9-6-14)13-24-21-20-18(10-11-31-20)28-22(25-21)23(26-27-28)32(29,30)19-12-15(2)4-7-16(19)3/h4-12H,13H2,1-3H3,(H,24,25). The maximum Gasteiger partial charge on any atom is 0.229 e. The van der Waals surface area contributed by atoms with Gasteiger partial charge in [-0.3, -0.25) is 0 Å². The summed E-state index contributed by atoms with van der Waals surface area (Å²) in [6.45, 7) is 6.25. The number of benzene rings is 2. The summed E-state index contributed by atoms with van der Waals surface area (Å²) in [5.41, 5.74) is 4.80. The van der Waals surface area contributed by atoms with E-state index in [4.69, 9.17) is 0 Å². The predicted molar refractivity (Wildman–Crippen MR) is 126 cm³/mol. The van der Waals surface area contributed by atoms with Crippen LogP contribution in [0.2, 0.25) is 0 Å². The molecule has 162 valence electrons. The Kier molecular flexibility index (Phi) is 4.94. The van der Waals surface area contributed by atoms with Crippen LogP contribution >= 0.6 is 11.3 Å². The molecule has 3 heterocycles. The molecule has 2 aromatic carbocycles. The summed E-state index contributed by atoms with van der Waals surface area (Å²) < 4.78 is 29.4. The fraction of sp³-hybridized carbons (Fsp3) is 0.174. The van der Waals surface area contributed by atoms with Crippen LogP contribution in [0.1, 0.15) is 22.3 Å². The number of aromatic nitrogens is 4. The van der Waals surface area contributed by atoms with Gasteiger partial charge in [0.2, 0.25) is 14.9 Å². The maximum atomic E-state index is 13.5. The molecule has 0 unspecified atom stereocenters. The Bertz CT molecular complexity index is 1570. The molecule has 9 heteroatoms. The molecule has 1 N–H and O–H groups in total. The molecule has 0 saturated carbocycles. The van der Waals surface area contributed by atoms with Crippen LogP contribution in [0.3, 0.4) is 0 Å². The van der Waals surface area contributed by atoms with Gasteiger partial charge in [-0.05, 0) is 55.0 Å². The van der Waals surface area contributed by atoms with Crippen molar-refractivity contribution in [3.63, 3.8) is 0 Å². The van der Waals surface area contributed by atoms with Crippen molar-refractivity contribution in [1.29, 1.82) is 0 Å². The first kappa shape index (κ1) is 20.6. The van der Waals surface area contributed by atoms with Crippen molar-refractivity contribution in [3.8, 4) is 0 Å². The number of sulfone groups is 1. The first-order chi connectivity index (χ1) is 15.3. The first-order valence-corrected chi connectivity index (χ1v) is 12.5. The monoisotopic (exact) mass is 463 g/mol. The molecule has 32 heavy (non-hydrogen) atoms. The molecule has 0 aliphatic rings. The molecule has 0 spiro atoms. The number of anilines is 1. The van der Waals surface area contributed by atoms with Gasteiger partial charge in [-0.2, -0.15) is 4.52 Å². The van der Waals surface area contributed by atoms with E-state index in [0.29, 0.717) is 17.9 Å². The maximum absolute atomic E-state index is 13.5. The Labute approximate surface area is 189 Å². The van der Waals surface area contributed by atoms with Crippen LogP contribution < -0.4 is 5.32 Å². The number of nitrogens with zero attached hydrogens (tertiary/aromatic N) is 4. The summed E-state index contributed by atoms with van der Waals surface area (Å²) in [5, 5.41) is 13.3. The Hall–Kier alpha value is -3.30. The van der Waals surface area contributed by atoms with Crippen molar-refractivity contribution in [2.45, 2.75) is 37.2 Å². The van der Waals surface area contributed by atoms with Crippen LogP contribution in [-0.2, 0) is 16.4 Å². The van der Waals surface area contributed by atoms with Gasteiger partial charge in [0.25, 0.3) is 0 Å². The predicted octanol–water partition coefficient (Wildman–Crippen LogP) is 4.71. The Balaban J connectivity index is 1.64. The number of aryl methyl sites for hydroxylation is 3. The zero-order chi connectivity index (χ0) is 22.5. The molecule has 7 nitrogen and oxygen atoms in total. The van der Waals surface area contributed by atoms with Crippen molar-refractivity contribution in [2.75, 3.05) is 5.32 Å². The second-order valence-electron chi connectivity index (χ2n) is 7.84. The van der Waals surface area contributed by atoms with E-state index < -0.39 is 9.84 Å². The number of hydrogen-bond donors (Lipinski definition) is 1. The molecule has 0 aliphatic heterocycles. The van der Waals surface area contributed by atoms with Gasteiger partial charge in [0.1, 0.15) is 5.82 Å². The summed E-state index contributed by atoms with van der Waals surface area (Å²) in [7, 11) is -3.90. The number of fused-ring (bicyclic) bond motifs is 3. The van der Waals surface area contributed by atoms with Crippen LogP contribution in [0, 0.1) is 20.8 Å². The minimum absolute atomic E-state index is 0.141. The molecular weight excluding hydrogens is 442 g/mol. The van der Waals surface area contributed by atoms with Crippen LogP contribution in [0.25, 0.3) is 15.9 Å². The lowest BCUT2D eigenvalue weighted by Gasteiger charge is -2.09. The molecule has 0 radical (unpaired) electrons. The normalized spacial score (nSPS) is 12.0. The highest BCUT2D eigenvalue weighted by Crippen LogP contribution is 2.32. The van der Waals surface area contributed by atoms with Gasteiger partial charge in [0.05, 0.1) is 15.1 Å². The van der Waals surface area contributed by atoms with Gasteiger partial charge in [-0.1, -0.05) is 47.2 Å². The Morgan fingerprint density at radius 2 is 1.75 bits per heavy atom. The van der Waals surface area contributed by atoms with Gasteiger partial charge in [-0.15, -0.1) is 16.4 Å². The van der Waals surface area contributed by atoms with E-state index in [-0.39, 0.29) is 15.6 Å². The third kappa shape index (κ3) is 3.43. The van der Waals surface area contributed by atoms with Gasteiger partial charge in [0.15, 0.2) is 5.65 Å². The molecule has 3 aromatic heterocycles. The zero-order valence-corrected chi connectivity index (χ0v) is 19.5. The van der Waals surface area contributed by atoms with E-state index in [2.05, 4.69) is 44.9 Å². The number of thiophene rings is 1. The molecule has 0 saturated heterocycles. The lowest BCUT2D eigenvalue weighted by atomic mass is 10.1. The Morgan fingerprint density at radius 1 is 1.00 bits per heavy atom. The van der Waals surface area contributed by atoms with Crippen molar-refractivity contribution >= 4 is 42.9 Å². The van der Waals surface area contributed by atoms with E-state index in [0.717, 1.165) is 21.3 Å². The summed E-state index contributed by atoms with van der Waals surface area (Å²) >= 11 is 1.52. The van der Waals surface area contributed by atoms with Crippen molar-refractivity contribution in [1.82, 2.24) is 19.8 Å². The summed E-state index contributed by atoms with van der Waals surface area (Å²) in [4.78, 5) is 4.89. The molecule has 0 amide bonds. The second kappa shape index (κ2) is 7.68. The smallest absolute Gasteiger partial charge is 0.229 e. The second-order valence-corrected chi connectivity index (χ2v) is 10.6. The number of rotatable bonds is 5. The summed E-state index contributed by atoms with van der Waals surface area (Å²) in [6, 6.07) is 15.5. The van der Waals surface area contributed by atoms with Gasteiger partial charge < -0.3 is 5.32 Å². The lowest BCUT2D eigenvalue weighted by Crippen LogP contribution is -2.08. The molecule has 5 aromatic rings. The highest BCUT2D eigenvalue weighted by atomic mass is 32.2. The van der Waals surface area contributed by atoms with Gasteiger partial charge in [0, 0.05) is 6.54 Å². The first-order valence-electron chi connectivity index (χ1n) is 10.1. The van der Waals surface area contributed by atoms with E-state index >= 15 is 0 Å². The summed E-state index contributed by atoms with van der Waals surface area (Å²) in [5.74, 6) is 0.614. The number of nitrogens with one attached hydrogen (secondary N) is 1. The van der Waals surface area contributed by atoms with Crippen LogP contribution in [0.15, 0.2) is 63.8 Å².